The first-order chi connectivity index (χ1) is 8.02. The highest BCUT2D eigenvalue weighted by atomic mass is 32.1. The molecule has 1 heterocycles. The van der Waals surface area contributed by atoms with E-state index in [4.69, 9.17) is 5.73 Å². The third-order valence-electron chi connectivity index (χ3n) is 2.63. The zero-order valence-corrected chi connectivity index (χ0v) is 9.82. The van der Waals surface area contributed by atoms with E-state index in [1.54, 1.807) is 6.07 Å². The van der Waals surface area contributed by atoms with Crippen molar-refractivity contribution >= 4 is 11.3 Å². The second kappa shape index (κ2) is 4.50. The largest absolute Gasteiger partial charge is 0.320 e. The summed E-state index contributed by atoms with van der Waals surface area (Å²) in [6, 6.07) is 3.03. The summed E-state index contributed by atoms with van der Waals surface area (Å²) >= 11 is 1.47. The molecule has 0 aliphatic heterocycles. The summed E-state index contributed by atoms with van der Waals surface area (Å²) < 4.78 is 39.4. The van der Waals surface area contributed by atoms with Crippen molar-refractivity contribution in [2.45, 2.75) is 13.0 Å². The lowest BCUT2D eigenvalue weighted by molar-refractivity contribution is 0.438. The van der Waals surface area contributed by atoms with Gasteiger partial charge in [0.25, 0.3) is 0 Å². The Morgan fingerprint density at radius 1 is 1.06 bits per heavy atom. The molecule has 1 aromatic heterocycles. The van der Waals surface area contributed by atoms with Crippen molar-refractivity contribution in [2.75, 3.05) is 0 Å². The second-order valence-electron chi connectivity index (χ2n) is 3.67. The number of rotatable bonds is 2. The molecule has 0 spiro atoms. The molecule has 0 aliphatic carbocycles. The molecule has 1 aromatic carbocycles. The van der Waals surface area contributed by atoms with Gasteiger partial charge in [0.1, 0.15) is 0 Å². The second-order valence-corrected chi connectivity index (χ2v) is 4.79. The van der Waals surface area contributed by atoms with Crippen molar-refractivity contribution in [3.8, 4) is 0 Å². The maximum Gasteiger partial charge on any atom is 0.194 e. The average molecular weight is 257 g/mol. The van der Waals surface area contributed by atoms with Gasteiger partial charge in [0.05, 0.1) is 6.04 Å². The summed E-state index contributed by atoms with van der Waals surface area (Å²) in [5.41, 5.74) is 6.54. The molecule has 0 aliphatic rings. The van der Waals surface area contributed by atoms with Crippen LogP contribution in [0.25, 0.3) is 0 Å². The minimum absolute atomic E-state index is 0.0367. The highest BCUT2D eigenvalue weighted by molar-refractivity contribution is 7.10. The van der Waals surface area contributed by atoms with E-state index in [1.165, 1.54) is 17.4 Å². The Kier molecular flexibility index (Phi) is 3.22. The Labute approximate surface area is 101 Å². The van der Waals surface area contributed by atoms with Gasteiger partial charge in [-0.1, -0.05) is 6.07 Å². The third kappa shape index (κ3) is 2.08. The van der Waals surface area contributed by atoms with Gasteiger partial charge in [-0.05, 0) is 30.0 Å². The number of benzene rings is 1. The summed E-state index contributed by atoms with van der Waals surface area (Å²) in [5, 5.41) is 1.82. The van der Waals surface area contributed by atoms with Gasteiger partial charge >= 0.3 is 0 Å². The summed E-state index contributed by atoms with van der Waals surface area (Å²) in [6.07, 6.45) is 0. The topological polar surface area (TPSA) is 26.0 Å². The summed E-state index contributed by atoms with van der Waals surface area (Å²) in [6.45, 7) is 1.84. The van der Waals surface area contributed by atoms with Gasteiger partial charge in [0.15, 0.2) is 17.5 Å². The number of aryl methyl sites for hydroxylation is 1. The monoisotopic (exact) mass is 257 g/mol. The molecule has 0 bridgehead atoms. The molecular weight excluding hydrogens is 247 g/mol. The Morgan fingerprint density at radius 3 is 2.35 bits per heavy atom. The SMILES string of the molecule is Cc1sccc1C(N)c1ccc(F)c(F)c1F. The number of hydrogen-bond acceptors (Lipinski definition) is 2. The van der Waals surface area contributed by atoms with E-state index in [9.17, 15) is 13.2 Å². The summed E-state index contributed by atoms with van der Waals surface area (Å²) in [4.78, 5) is 0.932. The highest BCUT2D eigenvalue weighted by Gasteiger charge is 2.20. The van der Waals surface area contributed by atoms with Gasteiger partial charge in [0, 0.05) is 10.4 Å². The molecule has 2 rings (SSSR count). The van der Waals surface area contributed by atoms with Crippen LogP contribution in [0, 0.1) is 24.4 Å². The number of nitrogens with two attached hydrogens (primary N) is 1. The van der Waals surface area contributed by atoms with Gasteiger partial charge in [-0.25, -0.2) is 13.2 Å². The van der Waals surface area contributed by atoms with E-state index < -0.39 is 23.5 Å². The first-order valence-corrected chi connectivity index (χ1v) is 5.83. The van der Waals surface area contributed by atoms with Crippen LogP contribution in [-0.4, -0.2) is 0 Å². The molecule has 2 N–H and O–H groups in total. The lowest BCUT2D eigenvalue weighted by Crippen LogP contribution is -2.15. The third-order valence-corrected chi connectivity index (χ3v) is 3.50. The number of thiophene rings is 1. The molecule has 0 saturated heterocycles. The van der Waals surface area contributed by atoms with Gasteiger partial charge in [-0.2, -0.15) is 0 Å². The van der Waals surface area contributed by atoms with Crippen molar-refractivity contribution in [1.29, 1.82) is 0 Å². The minimum atomic E-state index is -1.48. The van der Waals surface area contributed by atoms with Crippen LogP contribution in [0.4, 0.5) is 13.2 Å². The van der Waals surface area contributed by atoms with Crippen LogP contribution in [0.15, 0.2) is 23.6 Å². The molecule has 90 valence electrons. The van der Waals surface area contributed by atoms with Crippen LogP contribution in [0.5, 0.6) is 0 Å². The van der Waals surface area contributed by atoms with Crippen LogP contribution in [0.3, 0.4) is 0 Å². The fraction of sp³-hybridized carbons (Fsp3) is 0.167. The number of hydrogen-bond donors (Lipinski definition) is 1. The maximum atomic E-state index is 13.5. The summed E-state index contributed by atoms with van der Waals surface area (Å²) in [7, 11) is 0. The van der Waals surface area contributed by atoms with Gasteiger partial charge in [-0.3, -0.25) is 0 Å². The quantitative estimate of drug-likeness (QED) is 0.818. The predicted molar refractivity (Wildman–Crippen MR) is 61.4 cm³/mol. The molecule has 5 heteroatoms. The van der Waals surface area contributed by atoms with E-state index in [2.05, 4.69) is 0 Å². The van der Waals surface area contributed by atoms with Gasteiger partial charge in [-0.15, -0.1) is 11.3 Å². The zero-order valence-electron chi connectivity index (χ0n) is 9.01. The first kappa shape index (κ1) is 12.1. The zero-order chi connectivity index (χ0) is 12.6. The lowest BCUT2D eigenvalue weighted by Gasteiger charge is -2.13. The van der Waals surface area contributed by atoms with Crippen LogP contribution >= 0.6 is 11.3 Å². The number of halogens is 3. The Hall–Kier alpha value is -1.33. The van der Waals surface area contributed by atoms with Crippen LogP contribution in [0.2, 0.25) is 0 Å². The van der Waals surface area contributed by atoms with E-state index in [-0.39, 0.29) is 5.56 Å². The van der Waals surface area contributed by atoms with Crippen LogP contribution in [-0.2, 0) is 0 Å². The molecular formula is C12H10F3NS. The Bertz CT molecular complexity index is 551. The van der Waals surface area contributed by atoms with Crippen molar-refractivity contribution in [3.63, 3.8) is 0 Å². The first-order valence-electron chi connectivity index (χ1n) is 4.95. The van der Waals surface area contributed by atoms with Crippen molar-refractivity contribution < 1.29 is 13.2 Å². The minimum Gasteiger partial charge on any atom is -0.320 e. The lowest BCUT2D eigenvalue weighted by atomic mass is 9.99. The predicted octanol–water partition coefficient (Wildman–Crippen LogP) is 3.52. The van der Waals surface area contributed by atoms with Crippen LogP contribution in [0.1, 0.15) is 22.0 Å². The Morgan fingerprint density at radius 2 is 1.76 bits per heavy atom. The molecule has 1 atom stereocenters. The fourth-order valence-electron chi connectivity index (χ4n) is 1.67. The molecule has 0 fully saturated rings. The fourth-order valence-corrected chi connectivity index (χ4v) is 2.42. The van der Waals surface area contributed by atoms with Gasteiger partial charge in [0.2, 0.25) is 0 Å². The van der Waals surface area contributed by atoms with E-state index >= 15 is 0 Å². The smallest absolute Gasteiger partial charge is 0.194 e. The molecule has 1 unspecified atom stereocenters. The highest BCUT2D eigenvalue weighted by Crippen LogP contribution is 2.29. The van der Waals surface area contributed by atoms with Gasteiger partial charge < -0.3 is 5.73 Å². The van der Waals surface area contributed by atoms with Crippen molar-refractivity contribution in [1.82, 2.24) is 0 Å². The van der Waals surface area contributed by atoms with E-state index in [1.807, 2.05) is 12.3 Å². The van der Waals surface area contributed by atoms with E-state index in [0.717, 1.165) is 16.5 Å². The maximum absolute atomic E-state index is 13.5. The van der Waals surface area contributed by atoms with Crippen molar-refractivity contribution in [3.05, 3.63) is 57.0 Å². The normalized spacial score (nSPS) is 12.8. The van der Waals surface area contributed by atoms with Crippen LogP contribution < -0.4 is 5.73 Å². The molecule has 0 amide bonds. The molecule has 0 radical (unpaired) electrons. The van der Waals surface area contributed by atoms with Crippen molar-refractivity contribution in [2.24, 2.45) is 5.73 Å². The average Bonchev–Trinajstić information content (AvgIpc) is 2.72. The molecule has 17 heavy (non-hydrogen) atoms. The van der Waals surface area contributed by atoms with E-state index in [0.29, 0.717) is 0 Å². The Balaban J connectivity index is 2.48. The molecule has 1 nitrogen and oxygen atoms in total. The molecule has 0 saturated carbocycles. The molecule has 2 aromatic rings. The summed E-state index contributed by atoms with van der Waals surface area (Å²) in [5.74, 6) is -3.91. The standard InChI is InChI=1S/C12H10F3NS/c1-6-7(4-5-17-6)12(16)8-2-3-9(13)11(15)10(8)14/h2-5,12H,16H2,1H3.